The summed E-state index contributed by atoms with van der Waals surface area (Å²) in [6.45, 7) is 4.47. The number of nitrogens with zero attached hydrogens (tertiary/aromatic N) is 3. The van der Waals surface area contributed by atoms with Crippen molar-refractivity contribution in [2.24, 2.45) is 5.92 Å². The molecule has 3 heterocycles. The minimum atomic E-state index is 0.0577. The van der Waals surface area contributed by atoms with Crippen LogP contribution in [0.5, 0.6) is 0 Å². The Balaban J connectivity index is 1.81. The van der Waals surface area contributed by atoms with Gasteiger partial charge in [0.25, 0.3) is 0 Å². The molecule has 0 amide bonds. The van der Waals surface area contributed by atoms with Gasteiger partial charge in [0.2, 0.25) is 0 Å². The van der Waals surface area contributed by atoms with Crippen molar-refractivity contribution in [3.05, 3.63) is 17.3 Å². The van der Waals surface area contributed by atoms with E-state index >= 15 is 0 Å². The fourth-order valence-electron chi connectivity index (χ4n) is 3.30. The molecule has 0 saturated carbocycles. The van der Waals surface area contributed by atoms with Crippen LogP contribution >= 0.6 is 11.3 Å². The van der Waals surface area contributed by atoms with Crippen molar-refractivity contribution < 1.29 is 5.11 Å². The Bertz CT molecular complexity index is 562. The molecule has 20 heavy (non-hydrogen) atoms. The van der Waals surface area contributed by atoms with E-state index in [2.05, 4.69) is 11.8 Å². The van der Waals surface area contributed by atoms with Gasteiger partial charge in [0.15, 0.2) is 10.8 Å². The molecule has 1 fully saturated rings. The molecule has 2 aromatic heterocycles. The van der Waals surface area contributed by atoms with Gasteiger partial charge in [-0.1, -0.05) is 19.8 Å². The van der Waals surface area contributed by atoms with Crippen LogP contribution < -0.4 is 4.90 Å². The Labute approximate surface area is 124 Å². The summed E-state index contributed by atoms with van der Waals surface area (Å²) < 4.78 is 2.02. The molecule has 2 aromatic rings. The van der Waals surface area contributed by atoms with Crippen LogP contribution in [0.2, 0.25) is 0 Å². The topological polar surface area (TPSA) is 40.8 Å². The Kier molecular flexibility index (Phi) is 4.27. The van der Waals surface area contributed by atoms with Crippen LogP contribution in [0.3, 0.4) is 0 Å². The van der Waals surface area contributed by atoms with Gasteiger partial charge in [0.1, 0.15) is 0 Å². The van der Waals surface area contributed by atoms with Gasteiger partial charge in [-0.05, 0) is 25.2 Å². The first-order chi connectivity index (χ1) is 9.83. The molecule has 0 aromatic carbocycles. The van der Waals surface area contributed by atoms with Crippen LogP contribution in [-0.4, -0.2) is 27.6 Å². The third kappa shape index (κ3) is 2.56. The van der Waals surface area contributed by atoms with Gasteiger partial charge in [0, 0.05) is 24.7 Å². The highest BCUT2D eigenvalue weighted by Gasteiger charge is 2.22. The average Bonchev–Trinajstić information content (AvgIpc) is 2.94. The second kappa shape index (κ2) is 6.14. The number of rotatable bonds is 4. The van der Waals surface area contributed by atoms with Crippen LogP contribution in [0, 0.1) is 5.92 Å². The Morgan fingerprint density at radius 2 is 2.30 bits per heavy atom. The Morgan fingerprint density at radius 3 is 3.10 bits per heavy atom. The van der Waals surface area contributed by atoms with Crippen molar-refractivity contribution in [2.75, 3.05) is 18.0 Å². The number of imidazole rings is 1. The molecular weight excluding hydrogens is 270 g/mol. The van der Waals surface area contributed by atoms with Crippen LogP contribution in [-0.2, 0) is 6.61 Å². The van der Waals surface area contributed by atoms with Crippen molar-refractivity contribution in [1.82, 2.24) is 9.38 Å². The zero-order chi connectivity index (χ0) is 13.9. The van der Waals surface area contributed by atoms with E-state index in [9.17, 15) is 5.11 Å². The lowest BCUT2D eigenvalue weighted by atomic mass is 9.96. The van der Waals surface area contributed by atoms with Crippen LogP contribution in [0.15, 0.2) is 11.6 Å². The van der Waals surface area contributed by atoms with E-state index in [1.165, 1.54) is 32.1 Å². The van der Waals surface area contributed by atoms with Gasteiger partial charge in [-0.3, -0.25) is 4.40 Å². The quantitative estimate of drug-likeness (QED) is 0.940. The zero-order valence-corrected chi connectivity index (χ0v) is 12.9. The third-order valence-electron chi connectivity index (χ3n) is 4.33. The standard InChI is InChI=1S/C15H23N3OS/c1-2-4-12-5-3-7-17(8-6-12)14-13(11-19)18-9-10-20-15(18)16-14/h9-10,12,19H,2-8,11H2,1H3. The van der Waals surface area contributed by atoms with Crippen molar-refractivity contribution >= 4 is 22.1 Å². The van der Waals surface area contributed by atoms with E-state index in [1.807, 2.05) is 16.0 Å². The summed E-state index contributed by atoms with van der Waals surface area (Å²) in [4.78, 5) is 8.09. The van der Waals surface area contributed by atoms with Gasteiger partial charge < -0.3 is 10.0 Å². The van der Waals surface area contributed by atoms with Crippen LogP contribution in [0.25, 0.3) is 4.96 Å². The van der Waals surface area contributed by atoms with Crippen molar-refractivity contribution in [3.63, 3.8) is 0 Å². The lowest BCUT2D eigenvalue weighted by Gasteiger charge is -2.21. The number of fused-ring (bicyclic) bond motifs is 1. The SMILES string of the molecule is CCCC1CCCN(c2nc3sccn3c2CO)CC1. The fraction of sp³-hybridized carbons (Fsp3) is 0.667. The lowest BCUT2D eigenvalue weighted by Crippen LogP contribution is -2.25. The summed E-state index contributed by atoms with van der Waals surface area (Å²) in [5.41, 5.74) is 0.940. The predicted octanol–water partition coefficient (Wildman–Crippen LogP) is 3.29. The normalized spacial score (nSPS) is 20.5. The van der Waals surface area contributed by atoms with Crippen LogP contribution in [0.1, 0.15) is 44.7 Å². The third-order valence-corrected chi connectivity index (χ3v) is 5.09. The number of anilines is 1. The second-order valence-electron chi connectivity index (χ2n) is 5.67. The number of aromatic nitrogens is 2. The summed E-state index contributed by atoms with van der Waals surface area (Å²) >= 11 is 1.63. The van der Waals surface area contributed by atoms with E-state index in [0.29, 0.717) is 0 Å². The maximum Gasteiger partial charge on any atom is 0.195 e. The fourth-order valence-corrected chi connectivity index (χ4v) is 4.02. The molecule has 110 valence electrons. The summed E-state index contributed by atoms with van der Waals surface area (Å²) in [6.07, 6.45) is 8.46. The van der Waals surface area contributed by atoms with E-state index in [1.54, 1.807) is 11.3 Å². The smallest absolute Gasteiger partial charge is 0.195 e. The van der Waals surface area contributed by atoms with Gasteiger partial charge in [-0.2, -0.15) is 0 Å². The summed E-state index contributed by atoms with van der Waals surface area (Å²) in [6, 6.07) is 0. The number of aliphatic hydroxyl groups is 1. The first kappa shape index (κ1) is 13.9. The number of thiazole rings is 1. The highest BCUT2D eigenvalue weighted by molar-refractivity contribution is 7.15. The molecule has 0 bridgehead atoms. The summed E-state index contributed by atoms with van der Waals surface area (Å²) in [5, 5.41) is 11.7. The minimum absolute atomic E-state index is 0.0577. The molecule has 1 unspecified atom stereocenters. The molecule has 0 aliphatic carbocycles. The van der Waals surface area contributed by atoms with Gasteiger partial charge in [0.05, 0.1) is 12.3 Å². The van der Waals surface area contributed by atoms with Crippen LogP contribution in [0.4, 0.5) is 5.82 Å². The van der Waals surface area contributed by atoms with Crippen molar-refractivity contribution in [1.29, 1.82) is 0 Å². The minimum Gasteiger partial charge on any atom is -0.390 e. The van der Waals surface area contributed by atoms with Gasteiger partial charge in [-0.15, -0.1) is 11.3 Å². The second-order valence-corrected chi connectivity index (χ2v) is 6.54. The molecule has 1 aliphatic heterocycles. The first-order valence-corrected chi connectivity index (χ1v) is 8.51. The highest BCUT2D eigenvalue weighted by atomic mass is 32.1. The van der Waals surface area contributed by atoms with Gasteiger partial charge in [-0.25, -0.2) is 4.98 Å². The summed E-state index contributed by atoms with van der Waals surface area (Å²) in [7, 11) is 0. The highest BCUT2D eigenvalue weighted by Crippen LogP contribution is 2.29. The lowest BCUT2D eigenvalue weighted by molar-refractivity contribution is 0.276. The van der Waals surface area contributed by atoms with Gasteiger partial charge >= 0.3 is 0 Å². The molecule has 4 nitrogen and oxygen atoms in total. The monoisotopic (exact) mass is 293 g/mol. The predicted molar refractivity (Wildman–Crippen MR) is 83.5 cm³/mol. The molecule has 0 radical (unpaired) electrons. The molecular formula is C15H23N3OS. The molecule has 0 spiro atoms. The number of hydrogen-bond acceptors (Lipinski definition) is 4. The first-order valence-electron chi connectivity index (χ1n) is 7.63. The molecule has 1 aliphatic rings. The van der Waals surface area contributed by atoms with E-state index in [4.69, 9.17) is 4.98 Å². The molecule has 5 heteroatoms. The van der Waals surface area contributed by atoms with Crippen molar-refractivity contribution in [2.45, 2.75) is 45.6 Å². The molecule has 1 saturated heterocycles. The van der Waals surface area contributed by atoms with Crippen molar-refractivity contribution in [3.8, 4) is 0 Å². The zero-order valence-electron chi connectivity index (χ0n) is 12.1. The maximum absolute atomic E-state index is 9.68. The summed E-state index contributed by atoms with van der Waals surface area (Å²) in [5.74, 6) is 1.86. The van der Waals surface area contributed by atoms with E-state index in [-0.39, 0.29) is 6.61 Å². The molecule has 3 rings (SSSR count). The largest absolute Gasteiger partial charge is 0.390 e. The average molecular weight is 293 g/mol. The number of aliphatic hydroxyl groups excluding tert-OH is 1. The van der Waals surface area contributed by atoms with E-state index in [0.717, 1.165) is 35.5 Å². The van der Waals surface area contributed by atoms with E-state index < -0.39 is 0 Å². The Morgan fingerprint density at radius 1 is 1.40 bits per heavy atom. The maximum atomic E-state index is 9.68. The number of hydrogen-bond donors (Lipinski definition) is 1. The Hall–Kier alpha value is -1.07. The molecule has 1 N–H and O–H groups in total. The molecule has 1 atom stereocenters.